The Labute approximate surface area is 145 Å². The number of aromatic nitrogens is 2. The molecular weight excluding hydrogens is 324 g/mol. The predicted molar refractivity (Wildman–Crippen MR) is 93.7 cm³/mol. The lowest BCUT2D eigenvalue weighted by molar-refractivity contribution is 0.342. The largest absolute Gasteiger partial charge is 0.497 e. The second-order valence-electron chi connectivity index (χ2n) is 5.11. The highest BCUT2D eigenvalue weighted by molar-refractivity contribution is 7.99. The zero-order valence-corrected chi connectivity index (χ0v) is 14.4. The van der Waals surface area contributed by atoms with E-state index in [0.29, 0.717) is 17.7 Å². The maximum absolute atomic E-state index is 5.67. The van der Waals surface area contributed by atoms with Crippen molar-refractivity contribution in [2.45, 2.75) is 12.1 Å². The van der Waals surface area contributed by atoms with Crippen molar-refractivity contribution < 1.29 is 13.9 Å². The Morgan fingerprint density at radius 1 is 0.958 bits per heavy atom. The van der Waals surface area contributed by atoms with E-state index in [2.05, 4.69) is 10.2 Å². The number of thioether (sulfide) groups is 1. The molecule has 1 aromatic heterocycles. The Kier molecular flexibility index (Phi) is 5.38. The molecule has 3 aromatic rings. The van der Waals surface area contributed by atoms with Gasteiger partial charge in [-0.25, -0.2) is 0 Å². The summed E-state index contributed by atoms with van der Waals surface area (Å²) in [7, 11) is 1.64. The average Bonchev–Trinajstić information content (AvgIpc) is 3.09. The third-order valence-corrected chi connectivity index (χ3v) is 4.12. The standard InChI is InChI=1S/C18H18N2O3S/c1-13-3-5-14(6-4-13)17-19-20-18(23-17)24-12-11-22-16-9-7-15(21-2)8-10-16/h3-10H,11-12H2,1-2H3. The van der Waals surface area contributed by atoms with E-state index in [0.717, 1.165) is 22.8 Å². The SMILES string of the molecule is COc1ccc(OCCSc2nnc(-c3ccc(C)cc3)o2)cc1. The van der Waals surface area contributed by atoms with Crippen LogP contribution in [0, 0.1) is 6.92 Å². The van der Waals surface area contributed by atoms with Crippen LogP contribution in [0.15, 0.2) is 58.2 Å². The van der Waals surface area contributed by atoms with Crippen LogP contribution in [0.1, 0.15) is 5.56 Å². The van der Waals surface area contributed by atoms with Crippen LogP contribution in [0.4, 0.5) is 0 Å². The summed E-state index contributed by atoms with van der Waals surface area (Å²) in [6.45, 7) is 2.60. The van der Waals surface area contributed by atoms with Crippen molar-refractivity contribution in [3.05, 3.63) is 54.1 Å². The lowest BCUT2D eigenvalue weighted by atomic mass is 10.1. The minimum atomic E-state index is 0.536. The molecule has 0 bridgehead atoms. The maximum Gasteiger partial charge on any atom is 0.276 e. The number of nitrogens with zero attached hydrogens (tertiary/aromatic N) is 2. The fraction of sp³-hybridized carbons (Fsp3) is 0.222. The summed E-state index contributed by atoms with van der Waals surface area (Å²) in [5.41, 5.74) is 2.12. The highest BCUT2D eigenvalue weighted by atomic mass is 32.2. The number of aryl methyl sites for hydroxylation is 1. The van der Waals surface area contributed by atoms with Crippen LogP contribution in [0.25, 0.3) is 11.5 Å². The van der Waals surface area contributed by atoms with Crippen LogP contribution in [0.5, 0.6) is 11.5 Å². The molecule has 0 spiro atoms. The molecule has 124 valence electrons. The normalized spacial score (nSPS) is 10.6. The predicted octanol–water partition coefficient (Wildman–Crippen LogP) is 4.22. The third-order valence-electron chi connectivity index (χ3n) is 3.34. The lowest BCUT2D eigenvalue weighted by Crippen LogP contribution is -1.99. The molecule has 0 amide bonds. The quantitative estimate of drug-likeness (QED) is 0.473. The van der Waals surface area contributed by atoms with Crippen molar-refractivity contribution in [1.29, 1.82) is 0 Å². The molecule has 0 saturated heterocycles. The van der Waals surface area contributed by atoms with Gasteiger partial charge in [-0.1, -0.05) is 29.5 Å². The molecule has 0 aliphatic carbocycles. The summed E-state index contributed by atoms with van der Waals surface area (Å²) in [4.78, 5) is 0. The average molecular weight is 342 g/mol. The van der Waals surface area contributed by atoms with E-state index < -0.39 is 0 Å². The van der Waals surface area contributed by atoms with Gasteiger partial charge in [0.15, 0.2) is 0 Å². The van der Waals surface area contributed by atoms with Crippen molar-refractivity contribution in [3.8, 4) is 23.0 Å². The van der Waals surface area contributed by atoms with Gasteiger partial charge < -0.3 is 13.9 Å². The Morgan fingerprint density at radius 2 is 1.67 bits per heavy atom. The van der Waals surface area contributed by atoms with E-state index in [-0.39, 0.29) is 0 Å². The molecule has 0 aliphatic rings. The molecule has 0 saturated carbocycles. The van der Waals surface area contributed by atoms with Crippen molar-refractivity contribution in [1.82, 2.24) is 10.2 Å². The van der Waals surface area contributed by atoms with Crippen molar-refractivity contribution in [2.24, 2.45) is 0 Å². The minimum absolute atomic E-state index is 0.536. The first-order chi connectivity index (χ1) is 11.7. The molecule has 0 aliphatic heterocycles. The molecule has 0 radical (unpaired) electrons. The van der Waals surface area contributed by atoms with E-state index >= 15 is 0 Å². The number of hydrogen-bond acceptors (Lipinski definition) is 6. The van der Waals surface area contributed by atoms with Crippen LogP contribution in [0.2, 0.25) is 0 Å². The topological polar surface area (TPSA) is 57.4 Å². The number of benzene rings is 2. The van der Waals surface area contributed by atoms with Crippen molar-refractivity contribution in [2.75, 3.05) is 19.5 Å². The van der Waals surface area contributed by atoms with Gasteiger partial charge >= 0.3 is 0 Å². The van der Waals surface area contributed by atoms with Gasteiger partial charge in [0.1, 0.15) is 11.5 Å². The molecule has 24 heavy (non-hydrogen) atoms. The van der Waals surface area contributed by atoms with Gasteiger partial charge in [-0.05, 0) is 43.3 Å². The molecule has 2 aromatic carbocycles. The van der Waals surface area contributed by atoms with Crippen LogP contribution < -0.4 is 9.47 Å². The van der Waals surface area contributed by atoms with Gasteiger partial charge in [0.25, 0.3) is 5.22 Å². The number of rotatable bonds is 7. The molecule has 6 heteroatoms. The van der Waals surface area contributed by atoms with Gasteiger partial charge in [0.05, 0.1) is 13.7 Å². The molecule has 0 atom stereocenters. The van der Waals surface area contributed by atoms with Gasteiger partial charge in [0, 0.05) is 11.3 Å². The second kappa shape index (κ2) is 7.88. The first kappa shape index (κ1) is 16.4. The number of hydrogen-bond donors (Lipinski definition) is 0. The maximum atomic E-state index is 5.67. The molecule has 3 rings (SSSR count). The molecular formula is C18H18N2O3S. The van der Waals surface area contributed by atoms with E-state index in [9.17, 15) is 0 Å². The lowest BCUT2D eigenvalue weighted by Gasteiger charge is -2.05. The molecule has 0 N–H and O–H groups in total. The summed E-state index contributed by atoms with van der Waals surface area (Å²) in [6.07, 6.45) is 0. The zero-order valence-electron chi connectivity index (χ0n) is 13.6. The number of ether oxygens (including phenoxy) is 2. The minimum Gasteiger partial charge on any atom is -0.497 e. The van der Waals surface area contributed by atoms with Gasteiger partial charge in [-0.3, -0.25) is 0 Å². The highest BCUT2D eigenvalue weighted by Gasteiger charge is 2.08. The second-order valence-corrected chi connectivity index (χ2v) is 6.16. The van der Waals surface area contributed by atoms with Crippen molar-refractivity contribution >= 4 is 11.8 Å². The molecule has 0 fully saturated rings. The Bertz CT molecular complexity index is 770. The van der Waals surface area contributed by atoms with Gasteiger partial charge in [-0.2, -0.15) is 0 Å². The molecule has 1 heterocycles. The smallest absolute Gasteiger partial charge is 0.276 e. The first-order valence-corrected chi connectivity index (χ1v) is 8.53. The summed E-state index contributed by atoms with van der Waals surface area (Å²) in [5, 5.41) is 8.68. The Hall–Kier alpha value is -2.47. The number of methoxy groups -OCH3 is 1. The van der Waals surface area contributed by atoms with Crippen LogP contribution in [-0.2, 0) is 0 Å². The fourth-order valence-corrected chi connectivity index (χ4v) is 2.62. The van der Waals surface area contributed by atoms with E-state index in [1.165, 1.54) is 17.3 Å². The fourth-order valence-electron chi connectivity index (χ4n) is 2.04. The summed E-state index contributed by atoms with van der Waals surface area (Å²) in [6, 6.07) is 15.5. The Morgan fingerprint density at radius 3 is 2.38 bits per heavy atom. The molecule has 5 nitrogen and oxygen atoms in total. The third kappa shape index (κ3) is 4.29. The van der Waals surface area contributed by atoms with Gasteiger partial charge in [-0.15, -0.1) is 10.2 Å². The van der Waals surface area contributed by atoms with Crippen LogP contribution in [-0.4, -0.2) is 29.7 Å². The van der Waals surface area contributed by atoms with Crippen LogP contribution >= 0.6 is 11.8 Å². The van der Waals surface area contributed by atoms with E-state index in [1.54, 1.807) is 7.11 Å². The zero-order chi connectivity index (χ0) is 16.8. The Balaban J connectivity index is 1.47. The van der Waals surface area contributed by atoms with Crippen LogP contribution in [0.3, 0.4) is 0 Å². The van der Waals surface area contributed by atoms with Gasteiger partial charge in [0.2, 0.25) is 5.89 Å². The summed E-state index contributed by atoms with van der Waals surface area (Å²) in [5.74, 6) is 2.88. The summed E-state index contributed by atoms with van der Waals surface area (Å²) >= 11 is 1.48. The highest BCUT2D eigenvalue weighted by Crippen LogP contribution is 2.23. The monoisotopic (exact) mass is 342 g/mol. The first-order valence-electron chi connectivity index (χ1n) is 7.55. The van der Waals surface area contributed by atoms with E-state index in [4.69, 9.17) is 13.9 Å². The van der Waals surface area contributed by atoms with Crippen molar-refractivity contribution in [3.63, 3.8) is 0 Å². The molecule has 0 unspecified atom stereocenters. The van der Waals surface area contributed by atoms with E-state index in [1.807, 2.05) is 55.5 Å². The summed E-state index contributed by atoms with van der Waals surface area (Å²) < 4.78 is 16.4.